The Hall–Kier alpha value is -1.97. The molecule has 0 atom stereocenters. The highest BCUT2D eigenvalue weighted by molar-refractivity contribution is 6.35. The molecule has 5 heteroatoms. The van der Waals surface area contributed by atoms with Crippen molar-refractivity contribution in [2.75, 3.05) is 5.32 Å². The van der Waals surface area contributed by atoms with Gasteiger partial charge in [-0.05, 0) is 36.4 Å². The lowest BCUT2D eigenvalue weighted by molar-refractivity contribution is -0.116. The summed E-state index contributed by atoms with van der Waals surface area (Å²) in [5.74, 6) is -0.116. The third-order valence-corrected chi connectivity index (χ3v) is 3.74. The van der Waals surface area contributed by atoms with Crippen LogP contribution in [0.2, 0.25) is 10.0 Å². The Labute approximate surface area is 132 Å². The van der Waals surface area contributed by atoms with E-state index >= 15 is 0 Å². The molecule has 0 unspecified atom stereocenters. The number of carbonyl (C=O) groups excluding carboxylic acids is 1. The van der Waals surface area contributed by atoms with Gasteiger partial charge >= 0.3 is 0 Å². The van der Waals surface area contributed by atoms with Crippen LogP contribution in [0.5, 0.6) is 0 Å². The van der Waals surface area contributed by atoms with Crippen LogP contribution in [0.4, 0.5) is 5.69 Å². The molecule has 0 aliphatic carbocycles. The number of nitrogens with one attached hydrogen (secondary N) is 1. The van der Waals surface area contributed by atoms with E-state index in [0.717, 1.165) is 10.9 Å². The number of rotatable bonds is 3. The molecule has 1 N–H and O–H groups in total. The van der Waals surface area contributed by atoms with Crippen molar-refractivity contribution in [2.24, 2.45) is 0 Å². The molecular formula is C16H12Cl2N2O. The summed E-state index contributed by atoms with van der Waals surface area (Å²) in [7, 11) is 0. The van der Waals surface area contributed by atoms with Crippen LogP contribution in [0.1, 0.15) is 0 Å². The topological polar surface area (TPSA) is 34.0 Å². The Balaban J connectivity index is 1.79. The van der Waals surface area contributed by atoms with Gasteiger partial charge in [0.05, 0.1) is 10.5 Å². The summed E-state index contributed by atoms with van der Waals surface area (Å²) < 4.78 is 1.84. The monoisotopic (exact) mass is 318 g/mol. The number of aromatic nitrogens is 1. The van der Waals surface area contributed by atoms with E-state index in [2.05, 4.69) is 5.32 Å². The van der Waals surface area contributed by atoms with Crippen LogP contribution in [0.15, 0.2) is 54.7 Å². The Morgan fingerprint density at radius 1 is 1.05 bits per heavy atom. The first-order valence-corrected chi connectivity index (χ1v) is 7.18. The SMILES string of the molecule is O=C(Cn1ccc2cccc(Cl)c21)Nc1ccc(Cl)cc1. The standard InChI is InChI=1S/C16H12Cl2N2O/c17-12-4-6-13(7-5-12)19-15(21)10-20-9-8-11-2-1-3-14(18)16(11)20/h1-9H,10H2,(H,19,21). The molecule has 0 fully saturated rings. The van der Waals surface area contributed by atoms with Crippen LogP contribution in [0.3, 0.4) is 0 Å². The molecule has 1 heterocycles. The maximum Gasteiger partial charge on any atom is 0.244 e. The van der Waals surface area contributed by atoms with Crippen LogP contribution in [-0.2, 0) is 11.3 Å². The molecule has 0 aliphatic rings. The molecule has 0 bridgehead atoms. The number of anilines is 1. The fourth-order valence-corrected chi connectivity index (χ4v) is 2.65. The Morgan fingerprint density at radius 3 is 2.57 bits per heavy atom. The predicted octanol–water partition coefficient (Wildman–Crippen LogP) is 4.59. The largest absolute Gasteiger partial charge is 0.337 e. The normalized spacial score (nSPS) is 10.8. The molecule has 0 spiro atoms. The highest BCUT2D eigenvalue weighted by Crippen LogP contribution is 2.24. The van der Waals surface area contributed by atoms with E-state index in [1.807, 2.05) is 35.0 Å². The second-order valence-electron chi connectivity index (χ2n) is 4.68. The maximum atomic E-state index is 12.1. The molecular weight excluding hydrogens is 307 g/mol. The van der Waals surface area contributed by atoms with E-state index in [9.17, 15) is 4.79 Å². The summed E-state index contributed by atoms with van der Waals surface area (Å²) in [5, 5.41) is 5.12. The highest BCUT2D eigenvalue weighted by atomic mass is 35.5. The van der Waals surface area contributed by atoms with Crippen LogP contribution >= 0.6 is 23.2 Å². The van der Waals surface area contributed by atoms with Gasteiger partial charge in [0.2, 0.25) is 5.91 Å². The Kier molecular flexibility index (Phi) is 3.86. The number of hydrogen-bond donors (Lipinski definition) is 1. The fourth-order valence-electron chi connectivity index (χ4n) is 2.23. The van der Waals surface area contributed by atoms with Gasteiger partial charge in [-0.2, -0.15) is 0 Å². The number of amides is 1. The molecule has 1 amide bonds. The summed E-state index contributed by atoms with van der Waals surface area (Å²) in [5.41, 5.74) is 1.58. The molecule has 2 aromatic carbocycles. The summed E-state index contributed by atoms with van der Waals surface area (Å²) in [4.78, 5) is 12.1. The molecule has 1 aromatic heterocycles. The first kappa shape index (κ1) is 14.0. The van der Waals surface area contributed by atoms with Crippen molar-refractivity contribution in [1.29, 1.82) is 0 Å². The van der Waals surface area contributed by atoms with Crippen molar-refractivity contribution >= 4 is 45.7 Å². The van der Waals surface area contributed by atoms with E-state index in [4.69, 9.17) is 23.2 Å². The lowest BCUT2D eigenvalue weighted by atomic mass is 10.2. The van der Waals surface area contributed by atoms with Gasteiger partial charge in [-0.25, -0.2) is 0 Å². The van der Waals surface area contributed by atoms with Crippen molar-refractivity contribution in [3.8, 4) is 0 Å². The smallest absolute Gasteiger partial charge is 0.244 e. The Bertz CT molecular complexity index is 794. The van der Waals surface area contributed by atoms with Gasteiger partial charge in [0, 0.05) is 22.3 Å². The average molecular weight is 319 g/mol. The lowest BCUT2D eigenvalue weighted by Gasteiger charge is -2.08. The molecule has 0 aliphatic heterocycles. The second kappa shape index (κ2) is 5.80. The molecule has 0 saturated heterocycles. The summed E-state index contributed by atoms with van der Waals surface area (Å²) >= 11 is 12.0. The minimum atomic E-state index is -0.116. The molecule has 3 aromatic rings. The van der Waals surface area contributed by atoms with Crippen LogP contribution < -0.4 is 5.32 Å². The van der Waals surface area contributed by atoms with Gasteiger partial charge < -0.3 is 9.88 Å². The predicted molar refractivity (Wildman–Crippen MR) is 87.0 cm³/mol. The molecule has 3 nitrogen and oxygen atoms in total. The van der Waals surface area contributed by atoms with Gasteiger partial charge in [-0.1, -0.05) is 35.3 Å². The van der Waals surface area contributed by atoms with Crippen molar-refractivity contribution in [1.82, 2.24) is 4.57 Å². The van der Waals surface area contributed by atoms with E-state index in [1.54, 1.807) is 24.3 Å². The quantitative estimate of drug-likeness (QED) is 0.753. The number of nitrogens with zero attached hydrogens (tertiary/aromatic N) is 1. The minimum Gasteiger partial charge on any atom is -0.337 e. The van der Waals surface area contributed by atoms with Gasteiger partial charge in [-0.15, -0.1) is 0 Å². The number of fused-ring (bicyclic) bond motifs is 1. The van der Waals surface area contributed by atoms with Gasteiger partial charge in [0.25, 0.3) is 0 Å². The average Bonchev–Trinajstić information content (AvgIpc) is 2.86. The summed E-state index contributed by atoms with van der Waals surface area (Å²) in [6.45, 7) is 0.204. The van der Waals surface area contributed by atoms with E-state index in [-0.39, 0.29) is 12.5 Å². The van der Waals surface area contributed by atoms with Crippen molar-refractivity contribution in [2.45, 2.75) is 6.54 Å². The Morgan fingerprint density at radius 2 is 1.81 bits per heavy atom. The third-order valence-electron chi connectivity index (χ3n) is 3.18. The molecule has 106 valence electrons. The van der Waals surface area contributed by atoms with Crippen LogP contribution in [0.25, 0.3) is 10.9 Å². The van der Waals surface area contributed by atoms with Crippen LogP contribution in [-0.4, -0.2) is 10.5 Å². The van der Waals surface area contributed by atoms with Crippen molar-refractivity contribution in [3.05, 3.63) is 64.8 Å². The highest BCUT2D eigenvalue weighted by Gasteiger charge is 2.09. The fraction of sp³-hybridized carbons (Fsp3) is 0.0625. The number of carbonyl (C=O) groups is 1. The van der Waals surface area contributed by atoms with Crippen LogP contribution in [0, 0.1) is 0 Å². The molecule has 3 rings (SSSR count). The van der Waals surface area contributed by atoms with E-state index < -0.39 is 0 Å². The number of hydrogen-bond acceptors (Lipinski definition) is 1. The summed E-state index contributed by atoms with van der Waals surface area (Å²) in [6.07, 6.45) is 1.86. The van der Waals surface area contributed by atoms with Gasteiger partial charge in [0.1, 0.15) is 6.54 Å². The zero-order valence-corrected chi connectivity index (χ0v) is 12.5. The molecule has 0 saturated carbocycles. The van der Waals surface area contributed by atoms with E-state index in [1.165, 1.54) is 0 Å². The lowest BCUT2D eigenvalue weighted by Crippen LogP contribution is -2.18. The van der Waals surface area contributed by atoms with Crippen molar-refractivity contribution in [3.63, 3.8) is 0 Å². The third kappa shape index (κ3) is 3.04. The number of halogens is 2. The maximum absolute atomic E-state index is 12.1. The van der Waals surface area contributed by atoms with Gasteiger partial charge in [-0.3, -0.25) is 4.79 Å². The zero-order valence-electron chi connectivity index (χ0n) is 11.0. The molecule has 21 heavy (non-hydrogen) atoms. The summed E-state index contributed by atoms with van der Waals surface area (Å²) in [6, 6.07) is 14.6. The number of para-hydroxylation sites is 1. The van der Waals surface area contributed by atoms with Crippen molar-refractivity contribution < 1.29 is 4.79 Å². The van der Waals surface area contributed by atoms with Gasteiger partial charge in [0.15, 0.2) is 0 Å². The minimum absolute atomic E-state index is 0.116. The first-order chi connectivity index (χ1) is 10.1. The van der Waals surface area contributed by atoms with E-state index in [0.29, 0.717) is 15.7 Å². The first-order valence-electron chi connectivity index (χ1n) is 6.42. The number of benzene rings is 2. The zero-order chi connectivity index (χ0) is 14.8. The second-order valence-corrected chi connectivity index (χ2v) is 5.52. The molecule has 0 radical (unpaired) electrons.